The van der Waals surface area contributed by atoms with Crippen LogP contribution in [0.15, 0.2) is 48.5 Å². The Morgan fingerprint density at radius 2 is 1.83 bits per heavy atom. The van der Waals surface area contributed by atoms with Gasteiger partial charge in [-0.15, -0.1) is 0 Å². The van der Waals surface area contributed by atoms with E-state index in [1.165, 1.54) is 6.08 Å². The molecule has 2 rings (SSSR count). The number of methoxy groups -OCH3 is 2. The topological polar surface area (TPSA) is 51.5 Å². The van der Waals surface area contributed by atoms with Gasteiger partial charge in [-0.25, -0.2) is 0 Å². The largest absolute Gasteiger partial charge is 0.497 e. The molecule has 0 aliphatic heterocycles. The van der Waals surface area contributed by atoms with E-state index in [4.69, 9.17) is 19.5 Å². The molecule has 0 saturated carbocycles. The Kier molecular flexibility index (Phi) is 5.65. The lowest BCUT2D eigenvalue weighted by molar-refractivity contribution is 0.311. The molecule has 0 fully saturated rings. The highest BCUT2D eigenvalue weighted by Crippen LogP contribution is 2.33. The van der Waals surface area contributed by atoms with Crippen molar-refractivity contribution in [2.24, 2.45) is 0 Å². The predicted octanol–water partition coefficient (Wildman–Crippen LogP) is 4.06. The van der Waals surface area contributed by atoms with Crippen molar-refractivity contribution in [2.75, 3.05) is 20.8 Å². The van der Waals surface area contributed by atoms with Crippen LogP contribution in [0.4, 0.5) is 0 Å². The number of ether oxygens (including phenoxy) is 3. The first kappa shape index (κ1) is 16.4. The Bertz CT molecular complexity index is 745. The van der Waals surface area contributed by atoms with Crippen molar-refractivity contribution < 1.29 is 14.2 Å². The van der Waals surface area contributed by atoms with Gasteiger partial charge >= 0.3 is 0 Å². The summed E-state index contributed by atoms with van der Waals surface area (Å²) in [5.41, 5.74) is 2.58. The second-order valence-corrected chi connectivity index (χ2v) is 4.72. The Morgan fingerprint density at radius 3 is 2.48 bits per heavy atom. The number of rotatable bonds is 6. The molecule has 0 aliphatic rings. The SMILES string of the molecule is CCOc1cc(/C(=C/C#N)c2cccc(OC)c2)ccc1OC. The van der Waals surface area contributed by atoms with Gasteiger partial charge in [0.15, 0.2) is 11.5 Å². The number of benzene rings is 2. The zero-order valence-electron chi connectivity index (χ0n) is 13.5. The smallest absolute Gasteiger partial charge is 0.161 e. The van der Waals surface area contributed by atoms with E-state index in [1.54, 1.807) is 14.2 Å². The van der Waals surface area contributed by atoms with E-state index < -0.39 is 0 Å². The maximum Gasteiger partial charge on any atom is 0.161 e. The fourth-order valence-electron chi connectivity index (χ4n) is 2.30. The summed E-state index contributed by atoms with van der Waals surface area (Å²) in [6.07, 6.45) is 1.52. The first-order chi connectivity index (χ1) is 11.2. The van der Waals surface area contributed by atoms with Crippen LogP contribution in [-0.2, 0) is 0 Å². The van der Waals surface area contributed by atoms with Gasteiger partial charge in [0.05, 0.1) is 26.9 Å². The van der Waals surface area contributed by atoms with Crippen LogP contribution in [-0.4, -0.2) is 20.8 Å². The Morgan fingerprint density at radius 1 is 1.04 bits per heavy atom. The van der Waals surface area contributed by atoms with E-state index in [0.29, 0.717) is 18.1 Å². The normalized spacial score (nSPS) is 10.8. The van der Waals surface area contributed by atoms with Crippen LogP contribution in [0.3, 0.4) is 0 Å². The van der Waals surface area contributed by atoms with Crippen molar-refractivity contribution in [1.82, 2.24) is 0 Å². The van der Waals surface area contributed by atoms with E-state index in [0.717, 1.165) is 22.4 Å². The van der Waals surface area contributed by atoms with Gasteiger partial charge in [0.2, 0.25) is 0 Å². The van der Waals surface area contributed by atoms with E-state index in [1.807, 2.05) is 49.4 Å². The highest BCUT2D eigenvalue weighted by atomic mass is 16.5. The maximum atomic E-state index is 9.15. The number of nitriles is 1. The molecular formula is C19H19NO3. The summed E-state index contributed by atoms with van der Waals surface area (Å²) < 4.78 is 16.2. The average molecular weight is 309 g/mol. The van der Waals surface area contributed by atoms with Gasteiger partial charge in [0, 0.05) is 6.08 Å². The molecule has 0 unspecified atom stereocenters. The fourth-order valence-corrected chi connectivity index (χ4v) is 2.30. The molecule has 2 aromatic carbocycles. The van der Waals surface area contributed by atoms with Crippen molar-refractivity contribution >= 4 is 5.57 Å². The summed E-state index contributed by atoms with van der Waals surface area (Å²) in [6.45, 7) is 2.45. The minimum atomic E-state index is 0.538. The third-order valence-corrected chi connectivity index (χ3v) is 3.36. The van der Waals surface area contributed by atoms with Crippen LogP contribution >= 0.6 is 0 Å². The number of hydrogen-bond donors (Lipinski definition) is 0. The third kappa shape index (κ3) is 3.83. The molecule has 0 bridgehead atoms. The van der Waals surface area contributed by atoms with Gasteiger partial charge in [-0.1, -0.05) is 18.2 Å². The summed E-state index contributed by atoms with van der Waals surface area (Å²) >= 11 is 0. The molecule has 0 amide bonds. The molecule has 0 N–H and O–H groups in total. The summed E-state index contributed by atoms with van der Waals surface area (Å²) in [6, 6.07) is 15.3. The van der Waals surface area contributed by atoms with Crippen molar-refractivity contribution in [1.29, 1.82) is 5.26 Å². The monoisotopic (exact) mass is 309 g/mol. The van der Waals surface area contributed by atoms with Crippen LogP contribution in [0, 0.1) is 11.3 Å². The summed E-state index contributed by atoms with van der Waals surface area (Å²) in [5.74, 6) is 2.06. The molecular weight excluding hydrogens is 290 g/mol. The zero-order valence-corrected chi connectivity index (χ0v) is 13.5. The van der Waals surface area contributed by atoms with Gasteiger partial charge in [0.25, 0.3) is 0 Å². The second-order valence-electron chi connectivity index (χ2n) is 4.72. The minimum Gasteiger partial charge on any atom is -0.497 e. The van der Waals surface area contributed by atoms with Crippen molar-refractivity contribution in [3.05, 3.63) is 59.7 Å². The summed E-state index contributed by atoms with van der Waals surface area (Å²) in [5, 5.41) is 9.15. The molecule has 0 aromatic heterocycles. The van der Waals surface area contributed by atoms with E-state index >= 15 is 0 Å². The molecule has 0 saturated heterocycles. The second kappa shape index (κ2) is 7.90. The quantitative estimate of drug-likeness (QED) is 0.755. The van der Waals surface area contributed by atoms with Crippen LogP contribution in [0.2, 0.25) is 0 Å². The number of hydrogen-bond acceptors (Lipinski definition) is 4. The van der Waals surface area contributed by atoms with Gasteiger partial charge in [-0.3, -0.25) is 0 Å². The van der Waals surface area contributed by atoms with E-state index in [-0.39, 0.29) is 0 Å². The third-order valence-electron chi connectivity index (χ3n) is 3.36. The molecule has 118 valence electrons. The van der Waals surface area contributed by atoms with Crippen LogP contribution in [0.5, 0.6) is 17.2 Å². The first-order valence-corrected chi connectivity index (χ1v) is 7.29. The van der Waals surface area contributed by atoms with Crippen molar-refractivity contribution in [3.63, 3.8) is 0 Å². The average Bonchev–Trinajstić information content (AvgIpc) is 2.60. The van der Waals surface area contributed by atoms with Gasteiger partial charge < -0.3 is 14.2 Å². The Labute approximate surface area is 136 Å². The zero-order chi connectivity index (χ0) is 16.7. The fraction of sp³-hybridized carbons (Fsp3) is 0.211. The van der Waals surface area contributed by atoms with Crippen LogP contribution in [0.25, 0.3) is 5.57 Å². The van der Waals surface area contributed by atoms with Gasteiger partial charge in [-0.2, -0.15) is 5.26 Å². The molecule has 2 aromatic rings. The lowest BCUT2D eigenvalue weighted by atomic mass is 9.97. The molecule has 0 aliphatic carbocycles. The highest BCUT2D eigenvalue weighted by molar-refractivity contribution is 5.82. The van der Waals surface area contributed by atoms with Crippen LogP contribution in [0.1, 0.15) is 18.1 Å². The molecule has 4 heteroatoms. The molecule has 0 radical (unpaired) electrons. The van der Waals surface area contributed by atoms with E-state index in [9.17, 15) is 0 Å². The number of nitrogens with zero attached hydrogens (tertiary/aromatic N) is 1. The Hall–Kier alpha value is -2.93. The van der Waals surface area contributed by atoms with Gasteiger partial charge in [-0.05, 0) is 47.9 Å². The molecule has 4 nitrogen and oxygen atoms in total. The maximum absolute atomic E-state index is 9.15. The lowest BCUT2D eigenvalue weighted by Crippen LogP contribution is -1.97. The first-order valence-electron chi connectivity index (χ1n) is 7.29. The van der Waals surface area contributed by atoms with Crippen LogP contribution < -0.4 is 14.2 Å². The number of allylic oxidation sites excluding steroid dienone is 1. The predicted molar refractivity (Wildman–Crippen MR) is 89.8 cm³/mol. The van der Waals surface area contributed by atoms with Crippen molar-refractivity contribution in [3.8, 4) is 23.3 Å². The van der Waals surface area contributed by atoms with Crippen molar-refractivity contribution in [2.45, 2.75) is 6.92 Å². The van der Waals surface area contributed by atoms with Gasteiger partial charge in [0.1, 0.15) is 5.75 Å². The molecule has 0 atom stereocenters. The molecule has 0 spiro atoms. The van der Waals surface area contributed by atoms with E-state index in [2.05, 4.69) is 6.07 Å². The molecule has 23 heavy (non-hydrogen) atoms. The standard InChI is InChI=1S/C19H19NO3/c1-4-23-19-13-15(8-9-18(19)22-3)17(10-11-20)14-6-5-7-16(12-14)21-2/h5-10,12-13H,4H2,1-3H3/b17-10+. The summed E-state index contributed by atoms with van der Waals surface area (Å²) in [7, 11) is 3.22. The minimum absolute atomic E-state index is 0.538. The lowest BCUT2D eigenvalue weighted by Gasteiger charge is -2.13. The summed E-state index contributed by atoms with van der Waals surface area (Å²) in [4.78, 5) is 0. The highest BCUT2D eigenvalue weighted by Gasteiger charge is 2.11. The Balaban J connectivity index is 2.52. The molecule has 0 heterocycles.